The first kappa shape index (κ1) is 15.1. The maximum Gasteiger partial charge on any atom is 0.322 e. The van der Waals surface area contributed by atoms with Crippen molar-refractivity contribution in [2.45, 2.75) is 30.0 Å². The lowest BCUT2D eigenvalue weighted by Crippen LogP contribution is -2.47. The molecule has 0 spiro atoms. The van der Waals surface area contributed by atoms with Crippen LogP contribution in [0.4, 0.5) is 0 Å². The molecule has 2 atom stereocenters. The maximum absolute atomic E-state index is 12.3. The fourth-order valence-electron chi connectivity index (χ4n) is 2.88. The monoisotopic (exact) mass is 320 g/mol. The first-order valence-corrected chi connectivity index (χ1v) is 7.81. The zero-order valence-corrected chi connectivity index (χ0v) is 13.0. The van der Waals surface area contributed by atoms with Crippen LogP contribution in [-0.2, 0) is 4.79 Å². The van der Waals surface area contributed by atoms with Crippen molar-refractivity contribution in [1.82, 2.24) is 10.2 Å². The molecule has 2 heterocycles. The lowest BCUT2D eigenvalue weighted by atomic mass is 10.0. The second-order valence-electron chi connectivity index (χ2n) is 5.91. The minimum atomic E-state index is -0.928. The average Bonchev–Trinajstić information content (AvgIpc) is 2.89. The summed E-state index contributed by atoms with van der Waals surface area (Å²) in [6.07, 6.45) is 0. The highest BCUT2D eigenvalue weighted by Gasteiger charge is 2.47. The maximum atomic E-state index is 12.3. The SMILES string of the molecule is CC1(C)SC(CN2C(=O)c3ccccc3C2=O)NC1C(=O)O. The largest absolute Gasteiger partial charge is 0.480 e. The molecule has 2 unspecified atom stereocenters. The van der Waals surface area contributed by atoms with E-state index in [0.717, 1.165) is 0 Å². The number of carboxylic acids is 1. The number of carbonyl (C=O) groups excluding carboxylic acids is 2. The van der Waals surface area contributed by atoms with E-state index in [2.05, 4.69) is 5.32 Å². The van der Waals surface area contributed by atoms with E-state index in [4.69, 9.17) is 0 Å². The van der Waals surface area contributed by atoms with E-state index in [1.807, 2.05) is 13.8 Å². The number of carbonyl (C=O) groups is 3. The van der Waals surface area contributed by atoms with Crippen LogP contribution in [0.25, 0.3) is 0 Å². The number of fused-ring (bicyclic) bond motifs is 1. The van der Waals surface area contributed by atoms with E-state index in [-0.39, 0.29) is 23.7 Å². The van der Waals surface area contributed by atoms with Gasteiger partial charge in [-0.1, -0.05) is 12.1 Å². The first-order valence-electron chi connectivity index (χ1n) is 6.93. The summed E-state index contributed by atoms with van der Waals surface area (Å²) < 4.78 is -0.505. The lowest BCUT2D eigenvalue weighted by molar-refractivity contribution is -0.139. The van der Waals surface area contributed by atoms with Gasteiger partial charge in [-0.05, 0) is 26.0 Å². The van der Waals surface area contributed by atoms with Crippen LogP contribution < -0.4 is 5.32 Å². The number of nitrogens with zero attached hydrogens (tertiary/aromatic N) is 1. The molecule has 1 aromatic carbocycles. The molecule has 7 heteroatoms. The molecule has 0 aliphatic carbocycles. The molecule has 2 amide bonds. The van der Waals surface area contributed by atoms with Gasteiger partial charge >= 0.3 is 5.97 Å². The summed E-state index contributed by atoms with van der Waals surface area (Å²) >= 11 is 1.44. The summed E-state index contributed by atoms with van der Waals surface area (Å²) in [4.78, 5) is 37.1. The summed E-state index contributed by atoms with van der Waals surface area (Å²) in [5.41, 5.74) is 0.814. The van der Waals surface area contributed by atoms with Crippen molar-refractivity contribution < 1.29 is 19.5 Å². The molecule has 2 aliphatic heterocycles. The zero-order chi connectivity index (χ0) is 16.1. The van der Waals surface area contributed by atoms with E-state index < -0.39 is 16.8 Å². The van der Waals surface area contributed by atoms with Crippen molar-refractivity contribution in [1.29, 1.82) is 0 Å². The van der Waals surface area contributed by atoms with Gasteiger partial charge in [0.2, 0.25) is 0 Å². The van der Waals surface area contributed by atoms with Gasteiger partial charge in [0, 0.05) is 4.75 Å². The van der Waals surface area contributed by atoms with E-state index in [9.17, 15) is 19.5 Å². The van der Waals surface area contributed by atoms with E-state index in [1.54, 1.807) is 24.3 Å². The lowest BCUT2D eigenvalue weighted by Gasteiger charge is -2.21. The molecule has 116 valence electrons. The third-order valence-corrected chi connectivity index (χ3v) is 5.38. The van der Waals surface area contributed by atoms with Gasteiger partial charge in [0.25, 0.3) is 11.8 Å². The molecular weight excluding hydrogens is 304 g/mol. The topological polar surface area (TPSA) is 86.7 Å². The highest BCUT2D eigenvalue weighted by molar-refractivity contribution is 8.01. The van der Waals surface area contributed by atoms with Crippen LogP contribution in [0.15, 0.2) is 24.3 Å². The van der Waals surface area contributed by atoms with Gasteiger partial charge in [0.05, 0.1) is 23.0 Å². The summed E-state index contributed by atoms with van der Waals surface area (Å²) in [5, 5.41) is 11.9. The smallest absolute Gasteiger partial charge is 0.322 e. The van der Waals surface area contributed by atoms with Gasteiger partial charge in [-0.3, -0.25) is 24.6 Å². The molecule has 0 radical (unpaired) electrons. The number of imide groups is 1. The Kier molecular flexibility index (Phi) is 3.49. The molecule has 3 rings (SSSR count). The number of nitrogens with one attached hydrogen (secondary N) is 1. The van der Waals surface area contributed by atoms with Crippen LogP contribution in [0.5, 0.6) is 0 Å². The number of benzene rings is 1. The summed E-state index contributed by atoms with van der Waals surface area (Å²) in [7, 11) is 0. The number of rotatable bonds is 3. The predicted molar refractivity (Wildman–Crippen MR) is 81.8 cm³/mol. The Balaban J connectivity index is 1.78. The summed E-state index contributed by atoms with van der Waals surface area (Å²) in [6, 6.07) is 6.00. The third-order valence-electron chi connectivity index (χ3n) is 3.97. The molecule has 0 saturated carbocycles. The minimum Gasteiger partial charge on any atom is -0.480 e. The average molecular weight is 320 g/mol. The van der Waals surface area contributed by atoms with Crippen LogP contribution >= 0.6 is 11.8 Å². The fourth-order valence-corrected chi connectivity index (χ4v) is 4.35. The predicted octanol–water partition coefficient (Wildman–Crippen LogP) is 1.18. The van der Waals surface area contributed by atoms with Crippen LogP contribution in [-0.4, -0.2) is 50.5 Å². The van der Waals surface area contributed by atoms with Gasteiger partial charge < -0.3 is 5.11 Å². The highest BCUT2D eigenvalue weighted by Crippen LogP contribution is 2.38. The van der Waals surface area contributed by atoms with Crippen LogP contribution in [0.1, 0.15) is 34.6 Å². The van der Waals surface area contributed by atoms with Crippen molar-refractivity contribution in [3.05, 3.63) is 35.4 Å². The number of thioether (sulfide) groups is 1. The molecule has 2 aliphatic rings. The molecule has 22 heavy (non-hydrogen) atoms. The van der Waals surface area contributed by atoms with Crippen LogP contribution in [0.2, 0.25) is 0 Å². The molecule has 0 bridgehead atoms. The van der Waals surface area contributed by atoms with Gasteiger partial charge in [0.15, 0.2) is 0 Å². The Morgan fingerprint density at radius 2 is 1.82 bits per heavy atom. The molecule has 1 aromatic rings. The van der Waals surface area contributed by atoms with Crippen molar-refractivity contribution in [2.24, 2.45) is 0 Å². The Labute approximate surface area is 131 Å². The van der Waals surface area contributed by atoms with E-state index in [0.29, 0.717) is 11.1 Å². The molecule has 1 fully saturated rings. The van der Waals surface area contributed by atoms with Crippen molar-refractivity contribution in [2.75, 3.05) is 6.54 Å². The van der Waals surface area contributed by atoms with Gasteiger partial charge in [-0.25, -0.2) is 0 Å². The number of hydrogen-bond acceptors (Lipinski definition) is 5. The Morgan fingerprint density at radius 1 is 1.27 bits per heavy atom. The van der Waals surface area contributed by atoms with Gasteiger partial charge in [0.1, 0.15) is 6.04 Å². The normalized spacial score (nSPS) is 26.4. The van der Waals surface area contributed by atoms with E-state index >= 15 is 0 Å². The van der Waals surface area contributed by atoms with E-state index in [1.165, 1.54) is 16.7 Å². The number of amides is 2. The second kappa shape index (κ2) is 5.10. The van der Waals surface area contributed by atoms with Gasteiger partial charge in [-0.15, -0.1) is 11.8 Å². The minimum absolute atomic E-state index is 0.157. The number of aliphatic carboxylic acids is 1. The Hall–Kier alpha value is -1.86. The first-order chi connectivity index (χ1) is 10.3. The standard InChI is InChI=1S/C15H16N2O4S/c1-15(2)11(14(20)21)16-10(22-15)7-17-12(18)8-5-3-4-6-9(8)13(17)19/h3-6,10-11,16H,7H2,1-2H3,(H,20,21). The van der Waals surface area contributed by atoms with Crippen LogP contribution in [0, 0.1) is 0 Å². The third kappa shape index (κ3) is 2.30. The highest BCUT2D eigenvalue weighted by atomic mass is 32.2. The molecule has 6 nitrogen and oxygen atoms in total. The molecule has 1 saturated heterocycles. The summed E-state index contributed by atoms with van der Waals surface area (Å²) in [5.74, 6) is -1.57. The van der Waals surface area contributed by atoms with Gasteiger partial charge in [-0.2, -0.15) is 0 Å². The molecule has 0 aromatic heterocycles. The number of hydrogen-bond donors (Lipinski definition) is 2. The molecule has 2 N–H and O–H groups in total. The van der Waals surface area contributed by atoms with Crippen molar-refractivity contribution in [3.63, 3.8) is 0 Å². The Bertz CT molecular complexity index is 638. The zero-order valence-electron chi connectivity index (χ0n) is 12.2. The fraction of sp³-hybridized carbons (Fsp3) is 0.400. The Morgan fingerprint density at radius 3 is 2.27 bits per heavy atom. The van der Waals surface area contributed by atoms with Crippen LogP contribution in [0.3, 0.4) is 0 Å². The summed E-state index contributed by atoms with van der Waals surface area (Å²) in [6.45, 7) is 3.84. The molecular formula is C15H16N2O4S. The second-order valence-corrected chi connectivity index (χ2v) is 7.77. The number of carboxylic acid groups (broad SMARTS) is 1. The van der Waals surface area contributed by atoms with Crippen molar-refractivity contribution in [3.8, 4) is 0 Å². The quantitative estimate of drug-likeness (QED) is 0.813. The van der Waals surface area contributed by atoms with Crippen molar-refractivity contribution >= 4 is 29.5 Å².